The molecule has 7 heteroatoms. The fourth-order valence-corrected chi connectivity index (χ4v) is 2.28. The van der Waals surface area contributed by atoms with Crippen molar-refractivity contribution in [1.82, 2.24) is 5.32 Å². The second kappa shape index (κ2) is 6.53. The van der Waals surface area contributed by atoms with E-state index in [1.165, 1.54) is 18.2 Å². The van der Waals surface area contributed by atoms with Crippen molar-refractivity contribution in [2.24, 2.45) is 11.7 Å². The van der Waals surface area contributed by atoms with Crippen LogP contribution in [0.25, 0.3) is 0 Å². The normalized spacial score (nSPS) is 13.8. The Kier molecular flexibility index (Phi) is 5.26. The molecule has 1 atom stereocenters. The first-order chi connectivity index (χ1) is 9.68. The summed E-state index contributed by atoms with van der Waals surface area (Å²) in [5, 5.41) is 13.6. The molecule has 0 heterocycles. The van der Waals surface area contributed by atoms with Gasteiger partial charge in [-0.2, -0.15) is 0 Å². The molecule has 0 aliphatic heterocycles. The molecule has 0 saturated carbocycles. The second-order valence-corrected chi connectivity index (χ2v) is 5.85. The molecule has 116 valence electrons. The molecule has 0 aliphatic rings. The molecule has 0 spiro atoms. The lowest BCUT2D eigenvalue weighted by atomic mass is 9.90. The Morgan fingerprint density at radius 1 is 1.48 bits per heavy atom. The van der Waals surface area contributed by atoms with Gasteiger partial charge in [-0.1, -0.05) is 13.8 Å². The van der Waals surface area contributed by atoms with Crippen LogP contribution in [0.15, 0.2) is 18.2 Å². The maximum absolute atomic E-state index is 12.3. The number of rotatable bonds is 6. The van der Waals surface area contributed by atoms with Crippen LogP contribution in [0.4, 0.5) is 11.4 Å². The number of nitrogens with zero attached hydrogens (tertiary/aromatic N) is 1. The van der Waals surface area contributed by atoms with Crippen molar-refractivity contribution < 1.29 is 9.72 Å². The van der Waals surface area contributed by atoms with Crippen LogP contribution in [-0.4, -0.2) is 22.9 Å². The standard InChI is InChI=1S/C14H22N4O3/c1-9(2)7-14(3,8-15)17-13(19)11-6-10(18(20)21)4-5-12(11)16/h4-6,9H,7-8,15-16H2,1-3H3,(H,17,19). The van der Waals surface area contributed by atoms with Gasteiger partial charge < -0.3 is 16.8 Å². The van der Waals surface area contributed by atoms with E-state index < -0.39 is 16.4 Å². The zero-order chi connectivity index (χ0) is 16.2. The number of anilines is 1. The summed E-state index contributed by atoms with van der Waals surface area (Å²) in [5.41, 5.74) is 11.0. The van der Waals surface area contributed by atoms with Crippen LogP contribution in [0.2, 0.25) is 0 Å². The maximum atomic E-state index is 12.3. The van der Waals surface area contributed by atoms with Crippen molar-refractivity contribution >= 4 is 17.3 Å². The summed E-state index contributed by atoms with van der Waals surface area (Å²) in [4.78, 5) is 22.6. The highest BCUT2D eigenvalue weighted by atomic mass is 16.6. The van der Waals surface area contributed by atoms with Crippen molar-refractivity contribution in [3.63, 3.8) is 0 Å². The van der Waals surface area contributed by atoms with Crippen LogP contribution in [0, 0.1) is 16.0 Å². The summed E-state index contributed by atoms with van der Waals surface area (Å²) in [5.74, 6) is -0.105. The third-order valence-corrected chi connectivity index (χ3v) is 3.22. The van der Waals surface area contributed by atoms with Crippen LogP contribution >= 0.6 is 0 Å². The molecule has 0 bridgehead atoms. The average molecular weight is 294 g/mol. The molecular formula is C14H22N4O3. The van der Waals surface area contributed by atoms with Crippen molar-refractivity contribution in [2.75, 3.05) is 12.3 Å². The van der Waals surface area contributed by atoms with Crippen LogP contribution in [0.1, 0.15) is 37.6 Å². The summed E-state index contributed by atoms with van der Waals surface area (Å²) < 4.78 is 0. The van der Waals surface area contributed by atoms with E-state index in [0.29, 0.717) is 12.3 Å². The summed E-state index contributed by atoms with van der Waals surface area (Å²) in [6, 6.07) is 3.80. The Labute approximate surface area is 123 Å². The number of benzene rings is 1. The van der Waals surface area contributed by atoms with E-state index >= 15 is 0 Å². The van der Waals surface area contributed by atoms with E-state index in [9.17, 15) is 14.9 Å². The predicted octanol–water partition coefficient (Wildman–Crippen LogP) is 1.67. The van der Waals surface area contributed by atoms with Crippen LogP contribution in [0.3, 0.4) is 0 Å². The lowest BCUT2D eigenvalue weighted by Gasteiger charge is -2.31. The van der Waals surface area contributed by atoms with Crippen LogP contribution < -0.4 is 16.8 Å². The van der Waals surface area contributed by atoms with Gasteiger partial charge in [0.15, 0.2) is 0 Å². The molecule has 0 fully saturated rings. The largest absolute Gasteiger partial charge is 0.398 e. The molecule has 7 nitrogen and oxygen atoms in total. The molecule has 1 unspecified atom stereocenters. The lowest BCUT2D eigenvalue weighted by molar-refractivity contribution is -0.384. The monoisotopic (exact) mass is 294 g/mol. The number of hydrogen-bond donors (Lipinski definition) is 3. The summed E-state index contributed by atoms with van der Waals surface area (Å²) in [7, 11) is 0. The van der Waals surface area contributed by atoms with E-state index in [0.717, 1.165) is 0 Å². The number of nitro groups is 1. The Morgan fingerprint density at radius 3 is 2.57 bits per heavy atom. The molecule has 0 saturated heterocycles. The van der Waals surface area contributed by atoms with Gasteiger partial charge in [-0.3, -0.25) is 14.9 Å². The van der Waals surface area contributed by atoms with Crippen LogP contribution in [-0.2, 0) is 0 Å². The average Bonchev–Trinajstić information content (AvgIpc) is 2.37. The second-order valence-electron chi connectivity index (χ2n) is 5.85. The Hall–Kier alpha value is -2.15. The van der Waals surface area contributed by atoms with E-state index in [2.05, 4.69) is 5.32 Å². The third-order valence-electron chi connectivity index (χ3n) is 3.22. The topological polar surface area (TPSA) is 124 Å². The Bertz CT molecular complexity index is 545. The minimum Gasteiger partial charge on any atom is -0.398 e. The zero-order valence-electron chi connectivity index (χ0n) is 12.6. The molecule has 1 aromatic carbocycles. The van der Waals surface area contributed by atoms with Crippen molar-refractivity contribution in [3.05, 3.63) is 33.9 Å². The van der Waals surface area contributed by atoms with E-state index in [-0.39, 0.29) is 23.5 Å². The number of carbonyl (C=O) groups excluding carboxylic acids is 1. The van der Waals surface area contributed by atoms with E-state index in [1.54, 1.807) is 0 Å². The van der Waals surface area contributed by atoms with Gasteiger partial charge in [0.25, 0.3) is 11.6 Å². The fourth-order valence-electron chi connectivity index (χ4n) is 2.28. The molecule has 0 radical (unpaired) electrons. The molecule has 21 heavy (non-hydrogen) atoms. The minimum atomic E-state index is -0.581. The highest BCUT2D eigenvalue weighted by Crippen LogP contribution is 2.22. The molecule has 1 amide bonds. The van der Waals surface area contributed by atoms with Gasteiger partial charge >= 0.3 is 0 Å². The van der Waals surface area contributed by atoms with Crippen LogP contribution in [0.5, 0.6) is 0 Å². The van der Waals surface area contributed by atoms with Gasteiger partial charge in [-0.25, -0.2) is 0 Å². The highest BCUT2D eigenvalue weighted by molar-refractivity contribution is 6.00. The van der Waals surface area contributed by atoms with Gasteiger partial charge in [0.2, 0.25) is 0 Å². The summed E-state index contributed by atoms with van der Waals surface area (Å²) >= 11 is 0. The van der Waals surface area contributed by atoms with Gasteiger partial charge in [0.1, 0.15) is 0 Å². The fraction of sp³-hybridized carbons (Fsp3) is 0.500. The van der Waals surface area contributed by atoms with Crippen molar-refractivity contribution in [2.45, 2.75) is 32.7 Å². The first-order valence-corrected chi connectivity index (χ1v) is 6.75. The van der Waals surface area contributed by atoms with Crippen molar-refractivity contribution in [3.8, 4) is 0 Å². The number of non-ortho nitro benzene ring substituents is 1. The quantitative estimate of drug-likeness (QED) is 0.418. The minimum absolute atomic E-state index is 0.0904. The molecule has 0 aromatic heterocycles. The lowest BCUT2D eigenvalue weighted by Crippen LogP contribution is -2.52. The molecule has 1 rings (SSSR count). The first-order valence-electron chi connectivity index (χ1n) is 6.75. The summed E-state index contributed by atoms with van der Waals surface area (Å²) in [6.07, 6.45) is 0.698. The maximum Gasteiger partial charge on any atom is 0.270 e. The van der Waals surface area contributed by atoms with Gasteiger partial charge in [0.05, 0.1) is 10.5 Å². The molecule has 0 aliphatic carbocycles. The van der Waals surface area contributed by atoms with E-state index in [1.807, 2.05) is 20.8 Å². The Morgan fingerprint density at radius 2 is 2.10 bits per heavy atom. The smallest absolute Gasteiger partial charge is 0.270 e. The van der Waals surface area contributed by atoms with Gasteiger partial charge in [-0.15, -0.1) is 0 Å². The SMILES string of the molecule is CC(C)CC(C)(CN)NC(=O)c1cc([N+](=O)[O-])ccc1N. The highest BCUT2D eigenvalue weighted by Gasteiger charge is 2.27. The zero-order valence-corrected chi connectivity index (χ0v) is 12.6. The summed E-state index contributed by atoms with van der Waals surface area (Å²) in [6.45, 7) is 6.17. The number of amides is 1. The third kappa shape index (κ3) is 4.42. The molecular weight excluding hydrogens is 272 g/mol. The Balaban J connectivity index is 3.03. The first kappa shape index (κ1) is 16.9. The van der Waals surface area contributed by atoms with Gasteiger partial charge in [0, 0.05) is 29.9 Å². The number of hydrogen-bond acceptors (Lipinski definition) is 5. The number of nitrogens with one attached hydrogen (secondary N) is 1. The van der Waals surface area contributed by atoms with Crippen molar-refractivity contribution in [1.29, 1.82) is 0 Å². The number of nitrogens with two attached hydrogens (primary N) is 2. The molecule has 1 aromatic rings. The molecule has 5 N–H and O–H groups in total. The number of nitrogen functional groups attached to an aromatic ring is 1. The number of nitro benzene ring substituents is 1. The number of carbonyl (C=O) groups is 1. The van der Waals surface area contributed by atoms with Gasteiger partial charge in [-0.05, 0) is 25.3 Å². The predicted molar refractivity (Wildman–Crippen MR) is 81.9 cm³/mol. The van der Waals surface area contributed by atoms with E-state index in [4.69, 9.17) is 11.5 Å².